The highest BCUT2D eigenvalue weighted by molar-refractivity contribution is 9.10. The van der Waals surface area contributed by atoms with Gasteiger partial charge in [-0.05, 0) is 46.3 Å². The van der Waals surface area contributed by atoms with Gasteiger partial charge in [-0.1, -0.05) is 15.9 Å². The van der Waals surface area contributed by atoms with Crippen LogP contribution in [-0.4, -0.2) is 15.5 Å². The number of ether oxygens (including phenoxy) is 1. The van der Waals surface area contributed by atoms with Crippen LogP contribution in [0, 0.1) is 0 Å². The standard InChI is InChI=1S/C13H12Br2N2O3S/c1-20-9-3-4-10(15)12(7-9)17-21(18,19)13-5-2-8(14)6-11(13)16/h2-7,17H,16H2,1H3. The molecule has 0 radical (unpaired) electrons. The summed E-state index contributed by atoms with van der Waals surface area (Å²) in [4.78, 5) is 0.0143. The molecule has 0 unspecified atom stereocenters. The van der Waals surface area contributed by atoms with Crippen LogP contribution < -0.4 is 15.2 Å². The Hall–Kier alpha value is -1.25. The molecule has 0 fully saturated rings. The molecule has 5 nitrogen and oxygen atoms in total. The fourth-order valence-electron chi connectivity index (χ4n) is 1.67. The number of nitrogen functional groups attached to an aromatic ring is 1. The van der Waals surface area contributed by atoms with Gasteiger partial charge in [0.1, 0.15) is 10.6 Å². The Balaban J connectivity index is 2.42. The summed E-state index contributed by atoms with van der Waals surface area (Å²) < 4.78 is 33.7. The molecule has 0 atom stereocenters. The van der Waals surface area contributed by atoms with Crippen LogP contribution in [0.15, 0.2) is 50.2 Å². The van der Waals surface area contributed by atoms with E-state index in [0.717, 1.165) is 0 Å². The van der Waals surface area contributed by atoms with Crippen LogP contribution in [-0.2, 0) is 10.0 Å². The molecule has 0 aliphatic rings. The normalized spacial score (nSPS) is 11.2. The second kappa shape index (κ2) is 6.25. The minimum Gasteiger partial charge on any atom is -0.497 e. The summed E-state index contributed by atoms with van der Waals surface area (Å²) in [5, 5.41) is 0. The smallest absolute Gasteiger partial charge is 0.263 e. The molecule has 21 heavy (non-hydrogen) atoms. The summed E-state index contributed by atoms with van der Waals surface area (Å²) >= 11 is 6.53. The highest BCUT2D eigenvalue weighted by atomic mass is 79.9. The van der Waals surface area contributed by atoms with E-state index in [-0.39, 0.29) is 10.6 Å². The minimum atomic E-state index is -3.79. The fourth-order valence-corrected chi connectivity index (χ4v) is 3.71. The molecular weight excluding hydrogens is 424 g/mol. The van der Waals surface area contributed by atoms with E-state index in [1.54, 1.807) is 24.3 Å². The predicted octanol–water partition coefficient (Wildman–Crippen LogP) is 3.60. The van der Waals surface area contributed by atoms with Crippen molar-refractivity contribution in [3.8, 4) is 5.75 Å². The number of methoxy groups -OCH3 is 1. The Labute approximate surface area is 139 Å². The average molecular weight is 436 g/mol. The van der Waals surface area contributed by atoms with Crippen LogP contribution in [0.4, 0.5) is 11.4 Å². The van der Waals surface area contributed by atoms with Gasteiger partial charge in [0.2, 0.25) is 0 Å². The van der Waals surface area contributed by atoms with Crippen LogP contribution in [0.5, 0.6) is 5.75 Å². The average Bonchev–Trinajstić information content (AvgIpc) is 2.40. The lowest BCUT2D eigenvalue weighted by Crippen LogP contribution is -2.15. The van der Waals surface area contributed by atoms with Crippen LogP contribution in [0.1, 0.15) is 0 Å². The number of sulfonamides is 1. The van der Waals surface area contributed by atoms with Gasteiger partial charge >= 0.3 is 0 Å². The van der Waals surface area contributed by atoms with Crippen molar-refractivity contribution < 1.29 is 13.2 Å². The first kappa shape index (κ1) is 16.1. The topological polar surface area (TPSA) is 81.4 Å². The molecule has 112 valence electrons. The van der Waals surface area contributed by atoms with Gasteiger partial charge in [-0.3, -0.25) is 4.72 Å². The first-order valence-electron chi connectivity index (χ1n) is 5.75. The van der Waals surface area contributed by atoms with E-state index in [4.69, 9.17) is 10.5 Å². The Morgan fingerprint density at radius 2 is 1.86 bits per heavy atom. The van der Waals surface area contributed by atoms with Gasteiger partial charge in [-0.15, -0.1) is 0 Å². The third-order valence-electron chi connectivity index (χ3n) is 2.68. The molecule has 0 aliphatic carbocycles. The number of nitrogens with one attached hydrogen (secondary N) is 1. The van der Waals surface area contributed by atoms with E-state index >= 15 is 0 Å². The Bertz CT molecular complexity index is 779. The summed E-state index contributed by atoms with van der Waals surface area (Å²) in [6.45, 7) is 0. The van der Waals surface area contributed by atoms with E-state index in [9.17, 15) is 8.42 Å². The van der Waals surface area contributed by atoms with Crippen molar-refractivity contribution in [3.63, 3.8) is 0 Å². The second-order valence-electron chi connectivity index (χ2n) is 4.13. The maximum Gasteiger partial charge on any atom is 0.263 e. The monoisotopic (exact) mass is 434 g/mol. The molecule has 0 aromatic heterocycles. The molecule has 2 aromatic rings. The van der Waals surface area contributed by atoms with Crippen molar-refractivity contribution in [3.05, 3.63) is 45.3 Å². The largest absolute Gasteiger partial charge is 0.497 e. The third kappa shape index (κ3) is 3.69. The van der Waals surface area contributed by atoms with Gasteiger partial charge in [0.15, 0.2) is 0 Å². The number of benzene rings is 2. The molecule has 0 aliphatic heterocycles. The quantitative estimate of drug-likeness (QED) is 0.718. The first-order valence-corrected chi connectivity index (χ1v) is 8.82. The molecule has 0 amide bonds. The van der Waals surface area contributed by atoms with E-state index < -0.39 is 10.0 Å². The van der Waals surface area contributed by atoms with Gasteiger partial charge in [-0.2, -0.15) is 0 Å². The van der Waals surface area contributed by atoms with Crippen molar-refractivity contribution in [1.29, 1.82) is 0 Å². The number of halogens is 2. The van der Waals surface area contributed by atoms with Crippen molar-refractivity contribution >= 4 is 53.3 Å². The van der Waals surface area contributed by atoms with Crippen molar-refractivity contribution in [2.45, 2.75) is 4.90 Å². The van der Waals surface area contributed by atoms with Crippen molar-refractivity contribution in [2.24, 2.45) is 0 Å². The van der Waals surface area contributed by atoms with Gasteiger partial charge in [0.05, 0.1) is 18.5 Å². The Kier molecular flexibility index (Phi) is 4.80. The minimum absolute atomic E-state index is 0.0143. The van der Waals surface area contributed by atoms with E-state index in [0.29, 0.717) is 20.4 Å². The Morgan fingerprint density at radius 1 is 1.14 bits per heavy atom. The van der Waals surface area contributed by atoms with Crippen LogP contribution in [0.3, 0.4) is 0 Å². The highest BCUT2D eigenvalue weighted by Gasteiger charge is 2.19. The van der Waals surface area contributed by atoms with Gasteiger partial charge < -0.3 is 10.5 Å². The molecule has 2 aromatic carbocycles. The number of hydrogen-bond acceptors (Lipinski definition) is 4. The lowest BCUT2D eigenvalue weighted by atomic mass is 10.3. The van der Waals surface area contributed by atoms with Crippen LogP contribution in [0.2, 0.25) is 0 Å². The zero-order chi connectivity index (χ0) is 15.6. The van der Waals surface area contributed by atoms with E-state index in [1.807, 2.05) is 0 Å². The molecule has 8 heteroatoms. The number of hydrogen-bond donors (Lipinski definition) is 2. The van der Waals surface area contributed by atoms with Crippen LogP contribution in [0.25, 0.3) is 0 Å². The van der Waals surface area contributed by atoms with E-state index in [2.05, 4.69) is 36.6 Å². The molecule has 0 saturated heterocycles. The van der Waals surface area contributed by atoms with Gasteiger partial charge in [0, 0.05) is 15.0 Å². The molecule has 0 saturated carbocycles. The third-order valence-corrected chi connectivity index (χ3v) is 5.30. The fraction of sp³-hybridized carbons (Fsp3) is 0.0769. The summed E-state index contributed by atoms with van der Waals surface area (Å²) in [6.07, 6.45) is 0. The van der Waals surface area contributed by atoms with Gasteiger partial charge in [-0.25, -0.2) is 8.42 Å². The Morgan fingerprint density at radius 3 is 2.48 bits per heavy atom. The second-order valence-corrected chi connectivity index (χ2v) is 7.55. The molecule has 2 rings (SSSR count). The SMILES string of the molecule is COc1ccc(Br)c(NS(=O)(=O)c2ccc(Br)cc2N)c1. The summed E-state index contributed by atoms with van der Waals surface area (Å²) in [5.74, 6) is 0.541. The van der Waals surface area contributed by atoms with Crippen LogP contribution >= 0.6 is 31.9 Å². The molecule has 0 spiro atoms. The van der Waals surface area contributed by atoms with Crippen molar-refractivity contribution in [1.82, 2.24) is 0 Å². The molecular formula is C13H12Br2N2O3S. The predicted molar refractivity (Wildman–Crippen MR) is 90.1 cm³/mol. The lowest BCUT2D eigenvalue weighted by molar-refractivity contribution is 0.415. The number of nitrogens with two attached hydrogens (primary N) is 1. The first-order chi connectivity index (χ1) is 9.83. The molecule has 0 bridgehead atoms. The summed E-state index contributed by atoms with van der Waals surface area (Å²) in [7, 11) is -2.28. The number of anilines is 2. The number of rotatable bonds is 4. The highest BCUT2D eigenvalue weighted by Crippen LogP contribution is 2.30. The van der Waals surface area contributed by atoms with Crippen molar-refractivity contribution in [2.75, 3.05) is 17.6 Å². The summed E-state index contributed by atoms with van der Waals surface area (Å²) in [5.41, 5.74) is 6.30. The maximum absolute atomic E-state index is 12.4. The summed E-state index contributed by atoms with van der Waals surface area (Å²) in [6, 6.07) is 9.59. The molecule has 0 heterocycles. The maximum atomic E-state index is 12.4. The van der Waals surface area contributed by atoms with E-state index in [1.165, 1.54) is 19.2 Å². The lowest BCUT2D eigenvalue weighted by Gasteiger charge is -2.12. The zero-order valence-corrected chi connectivity index (χ0v) is 14.9. The van der Waals surface area contributed by atoms with Gasteiger partial charge in [0.25, 0.3) is 10.0 Å². The zero-order valence-electron chi connectivity index (χ0n) is 10.9. The molecule has 3 N–H and O–H groups in total.